The molecule has 3 N–H and O–H groups in total. The predicted octanol–water partition coefficient (Wildman–Crippen LogP) is 3.24. The lowest BCUT2D eigenvalue weighted by atomic mass is 9.98. The number of nitrogens with zero attached hydrogens (tertiary/aromatic N) is 1. The average Bonchev–Trinajstić information content (AvgIpc) is 2.44. The fourth-order valence-corrected chi connectivity index (χ4v) is 2.38. The Bertz CT molecular complexity index is 525. The first kappa shape index (κ1) is 14.0. The SMILES string of the molecule is CCCc1ccc(C(NN)c2ccncc2Cl)cc1. The molecule has 0 bridgehead atoms. The van der Waals surface area contributed by atoms with Crippen molar-refractivity contribution in [3.63, 3.8) is 0 Å². The molecule has 19 heavy (non-hydrogen) atoms. The lowest BCUT2D eigenvalue weighted by Crippen LogP contribution is -2.29. The van der Waals surface area contributed by atoms with E-state index in [1.54, 1.807) is 12.4 Å². The van der Waals surface area contributed by atoms with Crippen molar-refractivity contribution in [2.24, 2.45) is 5.84 Å². The van der Waals surface area contributed by atoms with Crippen LogP contribution in [0.1, 0.15) is 36.1 Å². The Morgan fingerprint density at radius 2 is 2.00 bits per heavy atom. The predicted molar refractivity (Wildman–Crippen MR) is 78.9 cm³/mol. The summed E-state index contributed by atoms with van der Waals surface area (Å²) in [6, 6.07) is 10.2. The first-order chi connectivity index (χ1) is 9.26. The number of pyridine rings is 1. The minimum absolute atomic E-state index is 0.119. The van der Waals surface area contributed by atoms with Gasteiger partial charge in [-0.25, -0.2) is 5.43 Å². The molecule has 0 saturated heterocycles. The number of hydrogen-bond donors (Lipinski definition) is 2. The minimum Gasteiger partial charge on any atom is -0.271 e. The van der Waals surface area contributed by atoms with Crippen LogP contribution >= 0.6 is 11.6 Å². The van der Waals surface area contributed by atoms with Gasteiger partial charge in [0.25, 0.3) is 0 Å². The van der Waals surface area contributed by atoms with Crippen LogP contribution in [0.25, 0.3) is 0 Å². The standard InChI is InChI=1S/C15H18ClN3/c1-2-3-11-4-6-12(7-5-11)15(19-17)13-8-9-18-10-14(13)16/h4-10,15,19H,2-3,17H2,1H3. The molecular weight excluding hydrogens is 258 g/mol. The van der Waals surface area contributed by atoms with Gasteiger partial charge in [-0.2, -0.15) is 0 Å². The zero-order valence-corrected chi connectivity index (χ0v) is 11.7. The van der Waals surface area contributed by atoms with Gasteiger partial charge in [0.05, 0.1) is 11.1 Å². The molecule has 4 heteroatoms. The molecular formula is C15H18ClN3. The second kappa shape index (κ2) is 6.66. The topological polar surface area (TPSA) is 50.9 Å². The van der Waals surface area contributed by atoms with Crippen molar-refractivity contribution in [2.75, 3.05) is 0 Å². The molecule has 1 heterocycles. The highest BCUT2D eigenvalue weighted by atomic mass is 35.5. The van der Waals surface area contributed by atoms with Crippen LogP contribution in [0.5, 0.6) is 0 Å². The van der Waals surface area contributed by atoms with Gasteiger partial charge in [0.15, 0.2) is 0 Å². The molecule has 100 valence electrons. The van der Waals surface area contributed by atoms with Crippen LogP contribution in [0.4, 0.5) is 0 Å². The highest BCUT2D eigenvalue weighted by Crippen LogP contribution is 2.27. The van der Waals surface area contributed by atoms with E-state index in [2.05, 4.69) is 41.6 Å². The monoisotopic (exact) mass is 275 g/mol. The maximum Gasteiger partial charge on any atom is 0.0725 e. The summed E-state index contributed by atoms with van der Waals surface area (Å²) >= 11 is 6.17. The summed E-state index contributed by atoms with van der Waals surface area (Å²) in [5.74, 6) is 5.67. The zero-order chi connectivity index (χ0) is 13.7. The molecule has 0 aliphatic rings. The highest BCUT2D eigenvalue weighted by Gasteiger charge is 2.15. The molecule has 0 saturated carbocycles. The third-order valence-electron chi connectivity index (χ3n) is 3.13. The summed E-state index contributed by atoms with van der Waals surface area (Å²) in [6.45, 7) is 2.18. The summed E-state index contributed by atoms with van der Waals surface area (Å²) in [5, 5.41) is 0.614. The van der Waals surface area contributed by atoms with Crippen molar-refractivity contribution in [1.29, 1.82) is 0 Å². The Hall–Kier alpha value is -1.42. The molecule has 0 aliphatic carbocycles. The van der Waals surface area contributed by atoms with E-state index in [0.717, 1.165) is 24.0 Å². The molecule has 0 aliphatic heterocycles. The largest absolute Gasteiger partial charge is 0.271 e. The first-order valence-electron chi connectivity index (χ1n) is 6.40. The molecule has 0 radical (unpaired) electrons. The van der Waals surface area contributed by atoms with Crippen molar-refractivity contribution < 1.29 is 0 Å². The number of hydrogen-bond acceptors (Lipinski definition) is 3. The van der Waals surface area contributed by atoms with Crippen molar-refractivity contribution in [2.45, 2.75) is 25.8 Å². The number of nitrogens with two attached hydrogens (primary N) is 1. The van der Waals surface area contributed by atoms with Gasteiger partial charge < -0.3 is 0 Å². The Morgan fingerprint density at radius 3 is 2.58 bits per heavy atom. The summed E-state index contributed by atoms with van der Waals surface area (Å²) in [7, 11) is 0. The van der Waals surface area contributed by atoms with E-state index in [9.17, 15) is 0 Å². The number of halogens is 1. The molecule has 0 spiro atoms. The number of rotatable bonds is 5. The Labute approximate surface area is 118 Å². The van der Waals surface area contributed by atoms with Gasteiger partial charge in [0.2, 0.25) is 0 Å². The summed E-state index contributed by atoms with van der Waals surface area (Å²) in [4.78, 5) is 3.99. The molecule has 3 nitrogen and oxygen atoms in total. The van der Waals surface area contributed by atoms with Crippen LogP contribution < -0.4 is 11.3 Å². The summed E-state index contributed by atoms with van der Waals surface area (Å²) in [5.41, 5.74) is 6.18. The van der Waals surface area contributed by atoms with E-state index in [1.165, 1.54) is 5.56 Å². The van der Waals surface area contributed by atoms with E-state index in [0.29, 0.717) is 5.02 Å². The van der Waals surface area contributed by atoms with Gasteiger partial charge >= 0.3 is 0 Å². The molecule has 0 fully saturated rings. The third kappa shape index (κ3) is 3.32. The maximum atomic E-state index is 6.17. The van der Waals surface area contributed by atoms with Crippen molar-refractivity contribution in [1.82, 2.24) is 10.4 Å². The van der Waals surface area contributed by atoms with Crippen LogP contribution in [0, 0.1) is 0 Å². The minimum atomic E-state index is -0.119. The zero-order valence-electron chi connectivity index (χ0n) is 10.9. The van der Waals surface area contributed by atoms with Gasteiger partial charge in [-0.05, 0) is 29.2 Å². The van der Waals surface area contributed by atoms with Gasteiger partial charge in [0, 0.05) is 12.4 Å². The Kier molecular flexibility index (Phi) is 4.91. The lowest BCUT2D eigenvalue weighted by molar-refractivity contribution is 0.636. The van der Waals surface area contributed by atoms with Crippen LogP contribution in [0.2, 0.25) is 5.02 Å². The maximum absolute atomic E-state index is 6.17. The molecule has 1 aromatic heterocycles. The molecule has 1 atom stereocenters. The number of aryl methyl sites for hydroxylation is 1. The van der Waals surface area contributed by atoms with E-state index in [4.69, 9.17) is 17.4 Å². The smallest absolute Gasteiger partial charge is 0.0725 e. The molecule has 2 rings (SSSR count). The normalized spacial score (nSPS) is 12.4. The fraction of sp³-hybridized carbons (Fsp3) is 0.267. The number of nitrogens with one attached hydrogen (secondary N) is 1. The highest BCUT2D eigenvalue weighted by molar-refractivity contribution is 6.31. The second-order valence-electron chi connectivity index (χ2n) is 4.49. The number of hydrazine groups is 1. The van der Waals surface area contributed by atoms with Crippen molar-refractivity contribution in [3.8, 4) is 0 Å². The Morgan fingerprint density at radius 1 is 1.26 bits per heavy atom. The summed E-state index contributed by atoms with van der Waals surface area (Å²) in [6.07, 6.45) is 5.59. The van der Waals surface area contributed by atoms with Gasteiger partial charge in [-0.3, -0.25) is 10.8 Å². The van der Waals surface area contributed by atoms with E-state index >= 15 is 0 Å². The molecule has 1 aromatic carbocycles. The quantitative estimate of drug-likeness (QED) is 0.651. The van der Waals surface area contributed by atoms with Crippen LogP contribution in [-0.2, 0) is 6.42 Å². The van der Waals surface area contributed by atoms with Gasteiger partial charge in [-0.1, -0.05) is 49.2 Å². The van der Waals surface area contributed by atoms with Gasteiger partial charge in [0.1, 0.15) is 0 Å². The van der Waals surface area contributed by atoms with Crippen molar-refractivity contribution in [3.05, 3.63) is 64.4 Å². The average molecular weight is 276 g/mol. The van der Waals surface area contributed by atoms with Gasteiger partial charge in [-0.15, -0.1) is 0 Å². The Balaban J connectivity index is 2.29. The van der Waals surface area contributed by atoms with Crippen LogP contribution in [0.3, 0.4) is 0 Å². The molecule has 2 aromatic rings. The van der Waals surface area contributed by atoms with Crippen LogP contribution in [-0.4, -0.2) is 4.98 Å². The van der Waals surface area contributed by atoms with E-state index in [-0.39, 0.29) is 6.04 Å². The van der Waals surface area contributed by atoms with E-state index < -0.39 is 0 Å². The molecule has 1 unspecified atom stereocenters. The van der Waals surface area contributed by atoms with Crippen molar-refractivity contribution >= 4 is 11.6 Å². The fourth-order valence-electron chi connectivity index (χ4n) is 2.15. The lowest BCUT2D eigenvalue weighted by Gasteiger charge is -2.18. The van der Waals surface area contributed by atoms with E-state index in [1.807, 2.05) is 6.07 Å². The summed E-state index contributed by atoms with van der Waals surface area (Å²) < 4.78 is 0. The number of benzene rings is 1. The van der Waals surface area contributed by atoms with Crippen LogP contribution in [0.15, 0.2) is 42.7 Å². The third-order valence-corrected chi connectivity index (χ3v) is 3.45. The molecule has 0 amide bonds. The first-order valence-corrected chi connectivity index (χ1v) is 6.78. The number of aromatic nitrogens is 1. The second-order valence-corrected chi connectivity index (χ2v) is 4.90.